The number of amides is 1. The summed E-state index contributed by atoms with van der Waals surface area (Å²) < 4.78 is 12.4. The van der Waals surface area contributed by atoms with Gasteiger partial charge in [-0.25, -0.2) is 0 Å². The number of aromatic nitrogens is 1. The minimum atomic E-state index is -0.0457. The number of methoxy groups -OCH3 is 2. The van der Waals surface area contributed by atoms with Crippen molar-refractivity contribution in [1.82, 2.24) is 5.32 Å². The molecule has 0 spiro atoms. The van der Waals surface area contributed by atoms with Crippen LogP contribution in [0.1, 0.15) is 16.7 Å². The molecule has 1 heterocycles. The second kappa shape index (κ2) is 9.55. The van der Waals surface area contributed by atoms with Crippen molar-refractivity contribution in [3.63, 3.8) is 0 Å². The molecule has 0 aliphatic carbocycles. The third-order valence-corrected chi connectivity index (χ3v) is 4.48. The summed E-state index contributed by atoms with van der Waals surface area (Å²) in [5.74, 6) is 1.27. The quantitative estimate of drug-likeness (QED) is 0.614. The lowest BCUT2D eigenvalue weighted by atomic mass is 10.1. The maximum absolute atomic E-state index is 12.3. The van der Waals surface area contributed by atoms with Crippen LogP contribution < -0.4 is 19.4 Å². The fourth-order valence-corrected chi connectivity index (χ4v) is 2.96. The number of rotatable bonds is 8. The third-order valence-electron chi connectivity index (χ3n) is 4.48. The molecule has 1 N–H and O–H groups in total. The number of ether oxygens (including phenoxy) is 2. The second-order valence-electron chi connectivity index (χ2n) is 6.51. The number of carbonyl (C=O) groups is 1. The molecule has 0 saturated carbocycles. The molecule has 0 radical (unpaired) electrons. The molecule has 0 saturated heterocycles. The minimum Gasteiger partial charge on any atom is -0.493 e. The van der Waals surface area contributed by atoms with E-state index in [0.717, 1.165) is 12.0 Å². The molecule has 1 amide bonds. The largest absolute Gasteiger partial charge is 0.493 e. The lowest BCUT2D eigenvalue weighted by Crippen LogP contribution is -2.42. The van der Waals surface area contributed by atoms with E-state index >= 15 is 0 Å². The highest BCUT2D eigenvalue weighted by Gasteiger charge is 2.10. The first-order valence-electron chi connectivity index (χ1n) is 9.17. The van der Waals surface area contributed by atoms with Gasteiger partial charge >= 0.3 is 0 Å². The molecule has 1 aromatic heterocycles. The van der Waals surface area contributed by atoms with E-state index in [0.29, 0.717) is 18.0 Å². The molecule has 144 valence electrons. The number of nitrogens with zero attached hydrogens (tertiary/aromatic N) is 1. The molecule has 3 aromatic rings. The Labute approximate surface area is 165 Å². The van der Waals surface area contributed by atoms with E-state index in [4.69, 9.17) is 9.47 Å². The normalized spacial score (nSPS) is 10.4. The summed E-state index contributed by atoms with van der Waals surface area (Å²) in [4.78, 5) is 12.3. The van der Waals surface area contributed by atoms with E-state index in [2.05, 4.69) is 29.6 Å². The van der Waals surface area contributed by atoms with Gasteiger partial charge < -0.3 is 14.8 Å². The predicted octanol–water partition coefficient (Wildman–Crippen LogP) is 2.90. The third kappa shape index (κ3) is 5.33. The summed E-state index contributed by atoms with van der Waals surface area (Å²) in [5.41, 5.74) is 3.44. The number of benzene rings is 2. The highest BCUT2D eigenvalue weighted by molar-refractivity contribution is 5.74. The summed E-state index contributed by atoms with van der Waals surface area (Å²) in [7, 11) is 3.19. The van der Waals surface area contributed by atoms with Crippen molar-refractivity contribution in [2.45, 2.75) is 19.5 Å². The number of nitrogens with one attached hydrogen (secondary N) is 1. The van der Waals surface area contributed by atoms with Crippen molar-refractivity contribution >= 4 is 5.91 Å². The molecule has 0 unspecified atom stereocenters. The average molecular weight is 377 g/mol. The Bertz CT molecular complexity index is 909. The molecule has 5 heteroatoms. The zero-order chi connectivity index (χ0) is 19.8. The van der Waals surface area contributed by atoms with E-state index in [1.807, 2.05) is 53.4 Å². The maximum Gasteiger partial charge on any atom is 0.286 e. The monoisotopic (exact) mass is 377 g/mol. The topological polar surface area (TPSA) is 51.4 Å². The van der Waals surface area contributed by atoms with Crippen LogP contribution in [0.25, 0.3) is 0 Å². The van der Waals surface area contributed by atoms with Crippen molar-refractivity contribution in [2.75, 3.05) is 14.2 Å². The van der Waals surface area contributed by atoms with Crippen LogP contribution in [-0.2, 0) is 24.3 Å². The van der Waals surface area contributed by atoms with Crippen LogP contribution in [0.15, 0.2) is 73.1 Å². The van der Waals surface area contributed by atoms with Crippen LogP contribution in [0.3, 0.4) is 0 Å². The van der Waals surface area contributed by atoms with E-state index < -0.39 is 0 Å². The van der Waals surface area contributed by atoms with Gasteiger partial charge in [0.15, 0.2) is 23.9 Å². The Kier molecular flexibility index (Phi) is 6.63. The maximum atomic E-state index is 12.3. The summed E-state index contributed by atoms with van der Waals surface area (Å²) in [6.07, 6.45) is 4.76. The van der Waals surface area contributed by atoms with Crippen LogP contribution in [0.5, 0.6) is 11.5 Å². The standard InChI is InChI=1S/C23H24N2O3/c1-27-21-9-8-20(15-22(21)28-2)16-24-23(26)17-25-12-10-19(11-13-25)14-18-6-4-3-5-7-18/h3-13,15H,14,16-17H2,1-2H3/p+1. The Balaban J connectivity index is 1.52. The Hall–Kier alpha value is -3.34. The molecule has 2 aromatic carbocycles. The smallest absolute Gasteiger partial charge is 0.286 e. The second-order valence-corrected chi connectivity index (χ2v) is 6.51. The molecule has 0 bridgehead atoms. The summed E-state index contributed by atoms with van der Waals surface area (Å²) in [6, 6.07) is 20.0. The van der Waals surface area contributed by atoms with Crippen LogP contribution in [0.4, 0.5) is 0 Å². The zero-order valence-corrected chi connectivity index (χ0v) is 16.2. The van der Waals surface area contributed by atoms with Gasteiger partial charge in [-0.1, -0.05) is 36.4 Å². The minimum absolute atomic E-state index is 0.0457. The molecule has 3 rings (SSSR count). The van der Waals surface area contributed by atoms with Gasteiger partial charge in [0.05, 0.1) is 14.2 Å². The highest BCUT2D eigenvalue weighted by atomic mass is 16.5. The molecular weight excluding hydrogens is 352 g/mol. The SMILES string of the molecule is COc1ccc(CNC(=O)C[n+]2ccc(Cc3ccccc3)cc2)cc1OC. The first kappa shape index (κ1) is 19.4. The predicted molar refractivity (Wildman–Crippen MR) is 107 cm³/mol. The van der Waals surface area contributed by atoms with Gasteiger partial charge in [0.1, 0.15) is 0 Å². The van der Waals surface area contributed by atoms with Gasteiger partial charge in [0.2, 0.25) is 6.54 Å². The fourth-order valence-electron chi connectivity index (χ4n) is 2.96. The first-order chi connectivity index (χ1) is 13.7. The summed E-state index contributed by atoms with van der Waals surface area (Å²) in [5, 5.41) is 2.93. The molecule has 0 fully saturated rings. The van der Waals surface area contributed by atoms with E-state index in [9.17, 15) is 4.79 Å². The van der Waals surface area contributed by atoms with Gasteiger partial charge in [-0.2, -0.15) is 4.57 Å². The Morgan fingerprint density at radius 3 is 2.21 bits per heavy atom. The van der Waals surface area contributed by atoms with Crippen LogP contribution >= 0.6 is 0 Å². The van der Waals surface area contributed by atoms with Crippen molar-refractivity contribution in [1.29, 1.82) is 0 Å². The van der Waals surface area contributed by atoms with Crippen molar-refractivity contribution in [3.8, 4) is 11.5 Å². The molecule has 28 heavy (non-hydrogen) atoms. The van der Waals surface area contributed by atoms with Crippen LogP contribution in [0, 0.1) is 0 Å². The van der Waals surface area contributed by atoms with Crippen molar-refractivity contribution < 1.29 is 18.8 Å². The molecule has 0 atom stereocenters. The summed E-state index contributed by atoms with van der Waals surface area (Å²) >= 11 is 0. The molecule has 0 aliphatic heterocycles. The van der Waals surface area contributed by atoms with E-state index in [1.165, 1.54) is 11.1 Å². The van der Waals surface area contributed by atoms with Crippen LogP contribution in [-0.4, -0.2) is 20.1 Å². The van der Waals surface area contributed by atoms with Gasteiger partial charge in [-0.15, -0.1) is 0 Å². The number of hydrogen-bond donors (Lipinski definition) is 1. The number of pyridine rings is 1. The lowest BCUT2D eigenvalue weighted by molar-refractivity contribution is -0.684. The first-order valence-corrected chi connectivity index (χ1v) is 9.17. The van der Waals surface area contributed by atoms with Gasteiger partial charge in [0, 0.05) is 18.7 Å². The van der Waals surface area contributed by atoms with Crippen LogP contribution in [0.2, 0.25) is 0 Å². The van der Waals surface area contributed by atoms with Crippen molar-refractivity contribution in [3.05, 3.63) is 89.7 Å². The number of carbonyl (C=O) groups excluding carboxylic acids is 1. The molecular formula is C23H25N2O3+. The van der Waals surface area contributed by atoms with Gasteiger partial charge in [-0.3, -0.25) is 4.79 Å². The Morgan fingerprint density at radius 1 is 0.857 bits per heavy atom. The highest BCUT2D eigenvalue weighted by Crippen LogP contribution is 2.27. The van der Waals surface area contributed by atoms with Gasteiger partial charge in [-0.05, 0) is 35.2 Å². The lowest BCUT2D eigenvalue weighted by Gasteiger charge is -2.10. The van der Waals surface area contributed by atoms with Gasteiger partial charge in [0.25, 0.3) is 5.91 Å². The molecule has 0 aliphatic rings. The Morgan fingerprint density at radius 2 is 1.54 bits per heavy atom. The number of hydrogen-bond acceptors (Lipinski definition) is 3. The average Bonchev–Trinajstić information content (AvgIpc) is 2.74. The summed E-state index contributed by atoms with van der Waals surface area (Å²) in [6.45, 7) is 0.713. The van der Waals surface area contributed by atoms with E-state index in [-0.39, 0.29) is 12.5 Å². The molecule has 5 nitrogen and oxygen atoms in total. The zero-order valence-electron chi connectivity index (χ0n) is 16.2. The van der Waals surface area contributed by atoms with Crippen molar-refractivity contribution in [2.24, 2.45) is 0 Å². The van der Waals surface area contributed by atoms with E-state index in [1.54, 1.807) is 14.2 Å². The fraction of sp³-hybridized carbons (Fsp3) is 0.217.